The molecule has 0 aromatic heterocycles. The molecule has 2 aliphatic rings. The number of aliphatic imine (C=N–C) groups is 1. The average molecular weight is 421 g/mol. The number of guanidine groups is 1. The second-order valence-electron chi connectivity index (χ2n) is 8.39. The van der Waals surface area contributed by atoms with Gasteiger partial charge in [-0.15, -0.1) is 0 Å². The summed E-state index contributed by atoms with van der Waals surface area (Å²) in [6.07, 6.45) is 3.81. The number of anilines is 1. The first-order valence-corrected chi connectivity index (χ1v) is 11.3. The van der Waals surface area contributed by atoms with Gasteiger partial charge in [-0.3, -0.25) is 4.79 Å². The van der Waals surface area contributed by atoms with Crippen molar-refractivity contribution in [1.82, 2.24) is 10.6 Å². The van der Waals surface area contributed by atoms with Crippen LogP contribution in [-0.4, -0.2) is 37.7 Å². The Morgan fingerprint density at radius 2 is 1.97 bits per heavy atom. The van der Waals surface area contributed by atoms with Crippen molar-refractivity contribution in [3.05, 3.63) is 65.7 Å². The van der Waals surface area contributed by atoms with Crippen molar-refractivity contribution in [1.29, 1.82) is 0 Å². The second-order valence-corrected chi connectivity index (χ2v) is 8.39. The molecule has 1 aliphatic carbocycles. The molecule has 1 heterocycles. The molecule has 0 spiro atoms. The normalized spacial score (nSPS) is 19.6. The van der Waals surface area contributed by atoms with Gasteiger partial charge in [0.2, 0.25) is 0 Å². The van der Waals surface area contributed by atoms with E-state index in [9.17, 15) is 4.79 Å². The Kier molecular flexibility index (Phi) is 6.87. The maximum absolute atomic E-state index is 12.3. The van der Waals surface area contributed by atoms with Crippen molar-refractivity contribution in [2.75, 3.05) is 25.0 Å². The van der Waals surface area contributed by atoms with Crippen molar-refractivity contribution < 1.29 is 9.53 Å². The number of hydrogen-bond donors (Lipinski definition) is 3. The molecule has 6 heteroatoms. The highest BCUT2D eigenvalue weighted by atomic mass is 16.5. The fourth-order valence-corrected chi connectivity index (χ4v) is 4.03. The minimum atomic E-state index is -0.328. The van der Waals surface area contributed by atoms with E-state index in [1.165, 1.54) is 18.4 Å². The zero-order chi connectivity index (χ0) is 21.5. The summed E-state index contributed by atoms with van der Waals surface area (Å²) in [4.78, 5) is 17.1. The molecule has 31 heavy (non-hydrogen) atoms. The maximum Gasteiger partial charge on any atom is 0.253 e. The molecule has 164 valence electrons. The Bertz CT molecular complexity index is 903. The van der Waals surface area contributed by atoms with Gasteiger partial charge in [0.1, 0.15) is 6.10 Å². The fourth-order valence-electron chi connectivity index (χ4n) is 4.03. The van der Waals surface area contributed by atoms with Crippen LogP contribution in [0.2, 0.25) is 0 Å². The molecule has 1 amide bonds. The van der Waals surface area contributed by atoms with Crippen LogP contribution in [0, 0.1) is 0 Å². The van der Waals surface area contributed by atoms with E-state index in [0.717, 1.165) is 43.1 Å². The lowest BCUT2D eigenvalue weighted by molar-refractivity contribution is -0.124. The summed E-state index contributed by atoms with van der Waals surface area (Å²) in [6.45, 7) is 4.96. The third-order valence-electron chi connectivity index (χ3n) is 6.01. The van der Waals surface area contributed by atoms with Crippen molar-refractivity contribution in [2.45, 2.75) is 50.7 Å². The Labute approximate surface area is 184 Å². The lowest BCUT2D eigenvalue weighted by Crippen LogP contribution is -2.41. The van der Waals surface area contributed by atoms with Gasteiger partial charge in [0.15, 0.2) is 5.96 Å². The predicted molar refractivity (Wildman–Crippen MR) is 124 cm³/mol. The molecule has 0 radical (unpaired) electrons. The van der Waals surface area contributed by atoms with E-state index >= 15 is 0 Å². The van der Waals surface area contributed by atoms with Crippen LogP contribution in [0.5, 0.6) is 0 Å². The minimum absolute atomic E-state index is 0.0659. The molecule has 0 bridgehead atoms. The lowest BCUT2D eigenvalue weighted by Gasteiger charge is -2.19. The molecule has 2 aromatic carbocycles. The molecule has 4 rings (SSSR count). The van der Waals surface area contributed by atoms with Crippen molar-refractivity contribution >= 4 is 17.6 Å². The summed E-state index contributed by atoms with van der Waals surface area (Å²) in [5.74, 6) is 0.752. The van der Waals surface area contributed by atoms with Crippen LogP contribution < -0.4 is 16.0 Å². The van der Waals surface area contributed by atoms with Gasteiger partial charge in [-0.25, -0.2) is 4.99 Å². The molecule has 6 nitrogen and oxygen atoms in total. The topological polar surface area (TPSA) is 74.8 Å². The molecular formula is C25H32N4O2. The van der Waals surface area contributed by atoms with Crippen molar-refractivity contribution in [2.24, 2.45) is 4.99 Å². The number of hydrogen-bond acceptors (Lipinski definition) is 3. The van der Waals surface area contributed by atoms with E-state index in [2.05, 4.69) is 53.2 Å². The monoisotopic (exact) mass is 420 g/mol. The molecule has 2 aromatic rings. The van der Waals surface area contributed by atoms with Crippen LogP contribution in [0.1, 0.15) is 43.7 Å². The third kappa shape index (κ3) is 5.64. The highest BCUT2D eigenvalue weighted by Gasteiger charge is 2.44. The van der Waals surface area contributed by atoms with Gasteiger partial charge in [0.25, 0.3) is 5.91 Å². The Morgan fingerprint density at radius 3 is 2.68 bits per heavy atom. The Morgan fingerprint density at radius 1 is 1.13 bits per heavy atom. The first-order valence-electron chi connectivity index (χ1n) is 11.3. The smallest absolute Gasteiger partial charge is 0.253 e. The molecular weight excluding hydrogens is 388 g/mol. The Hall–Kier alpha value is -2.86. The fraction of sp³-hybridized carbons (Fsp3) is 0.440. The molecule has 1 saturated carbocycles. The van der Waals surface area contributed by atoms with Crippen molar-refractivity contribution in [3.63, 3.8) is 0 Å². The SMILES string of the molecule is CCNC(=NCc1cccc(NC(=O)C2CCCO2)c1)NCC1(c2ccccc2)CC1. The number of ether oxygens (including phenoxy) is 1. The van der Waals surface area contributed by atoms with Crippen molar-refractivity contribution in [3.8, 4) is 0 Å². The van der Waals surface area contributed by atoms with Gasteiger partial charge in [-0.2, -0.15) is 0 Å². The highest BCUT2D eigenvalue weighted by Crippen LogP contribution is 2.47. The van der Waals surface area contributed by atoms with E-state index in [-0.39, 0.29) is 17.4 Å². The van der Waals surface area contributed by atoms with E-state index in [1.54, 1.807) is 0 Å². The van der Waals surface area contributed by atoms with Crippen LogP contribution in [0.3, 0.4) is 0 Å². The quantitative estimate of drug-likeness (QED) is 0.451. The summed E-state index contributed by atoms with van der Waals surface area (Å²) in [7, 11) is 0. The number of rotatable bonds is 8. The van der Waals surface area contributed by atoms with Crippen LogP contribution in [-0.2, 0) is 21.5 Å². The number of amides is 1. The molecule has 1 aliphatic heterocycles. The molecule has 1 saturated heterocycles. The lowest BCUT2D eigenvalue weighted by atomic mass is 9.96. The minimum Gasteiger partial charge on any atom is -0.368 e. The third-order valence-corrected chi connectivity index (χ3v) is 6.01. The van der Waals surface area contributed by atoms with Crippen LogP contribution in [0.25, 0.3) is 0 Å². The van der Waals surface area contributed by atoms with E-state index in [4.69, 9.17) is 9.73 Å². The standard InChI is InChI=1S/C25H32N4O2/c1-2-26-24(28-18-25(13-14-25)20-9-4-3-5-10-20)27-17-19-8-6-11-21(16-19)29-23(30)22-12-7-15-31-22/h3-6,8-11,16,22H,2,7,12-15,17-18H2,1H3,(H,29,30)(H2,26,27,28). The van der Waals surface area contributed by atoms with E-state index in [0.29, 0.717) is 13.2 Å². The van der Waals surface area contributed by atoms with E-state index in [1.807, 2.05) is 24.3 Å². The summed E-state index contributed by atoms with van der Waals surface area (Å²) < 4.78 is 5.46. The highest BCUT2D eigenvalue weighted by molar-refractivity contribution is 5.94. The number of carbonyl (C=O) groups excluding carboxylic acids is 1. The molecule has 3 N–H and O–H groups in total. The summed E-state index contributed by atoms with van der Waals surface area (Å²) >= 11 is 0. The number of nitrogens with one attached hydrogen (secondary N) is 3. The number of benzene rings is 2. The van der Waals surface area contributed by atoms with E-state index < -0.39 is 0 Å². The van der Waals surface area contributed by atoms with Gasteiger partial charge < -0.3 is 20.7 Å². The van der Waals surface area contributed by atoms with Crippen LogP contribution in [0.4, 0.5) is 5.69 Å². The predicted octanol–water partition coefficient (Wildman–Crippen LogP) is 3.59. The van der Waals surface area contributed by atoms with Crippen LogP contribution in [0.15, 0.2) is 59.6 Å². The maximum atomic E-state index is 12.3. The zero-order valence-corrected chi connectivity index (χ0v) is 18.2. The first-order chi connectivity index (χ1) is 15.2. The van der Waals surface area contributed by atoms with Gasteiger partial charge in [-0.05, 0) is 55.9 Å². The Balaban J connectivity index is 1.35. The summed E-state index contributed by atoms with van der Waals surface area (Å²) in [6, 6.07) is 18.6. The molecule has 1 atom stereocenters. The average Bonchev–Trinajstić information content (AvgIpc) is 3.38. The zero-order valence-electron chi connectivity index (χ0n) is 18.2. The molecule has 1 unspecified atom stereocenters. The van der Waals surface area contributed by atoms with Gasteiger partial charge in [0.05, 0.1) is 6.54 Å². The van der Waals surface area contributed by atoms with Gasteiger partial charge in [0, 0.05) is 30.8 Å². The first kappa shape index (κ1) is 21.4. The second kappa shape index (κ2) is 9.96. The summed E-state index contributed by atoms with van der Waals surface area (Å²) in [5, 5.41) is 9.83. The van der Waals surface area contributed by atoms with Gasteiger partial charge >= 0.3 is 0 Å². The number of nitrogens with zero attached hydrogens (tertiary/aromatic N) is 1. The van der Waals surface area contributed by atoms with Gasteiger partial charge in [-0.1, -0.05) is 42.5 Å². The molecule has 2 fully saturated rings. The number of carbonyl (C=O) groups is 1. The van der Waals surface area contributed by atoms with Crippen LogP contribution >= 0.6 is 0 Å². The summed E-state index contributed by atoms with van der Waals surface area (Å²) in [5.41, 5.74) is 3.45. The largest absolute Gasteiger partial charge is 0.368 e.